The molecule has 0 aliphatic carbocycles. The summed E-state index contributed by atoms with van der Waals surface area (Å²) in [6.45, 7) is 10.5. The highest BCUT2D eigenvalue weighted by Crippen LogP contribution is 2.09. The molecule has 0 fully saturated rings. The molecule has 0 spiro atoms. The molecule has 2 nitrogen and oxygen atoms in total. The third kappa shape index (κ3) is 5.61. The fourth-order valence-electron chi connectivity index (χ4n) is 1.92. The summed E-state index contributed by atoms with van der Waals surface area (Å²) in [5.74, 6) is 0. The number of hydrogen-bond acceptors (Lipinski definition) is 2. The fourth-order valence-corrected chi connectivity index (χ4v) is 1.92. The molecule has 0 saturated carbocycles. The zero-order chi connectivity index (χ0) is 10.8. The van der Waals surface area contributed by atoms with E-state index in [9.17, 15) is 0 Å². The van der Waals surface area contributed by atoms with E-state index >= 15 is 0 Å². The average molecular weight is 200 g/mol. The van der Waals surface area contributed by atoms with Crippen LogP contribution < -0.4 is 5.32 Å². The predicted octanol–water partition coefficient (Wildman–Crippen LogP) is 2.50. The lowest BCUT2D eigenvalue weighted by molar-refractivity contribution is 0.188. The second-order valence-electron chi connectivity index (χ2n) is 3.94. The van der Waals surface area contributed by atoms with Gasteiger partial charge in [-0.25, -0.2) is 0 Å². The van der Waals surface area contributed by atoms with Gasteiger partial charge in [-0.1, -0.05) is 27.2 Å². The lowest BCUT2D eigenvalue weighted by Gasteiger charge is -2.30. The maximum atomic E-state index is 3.24. The van der Waals surface area contributed by atoms with Crippen LogP contribution in [-0.2, 0) is 0 Å². The number of nitrogens with zero attached hydrogens (tertiary/aromatic N) is 1. The van der Waals surface area contributed by atoms with Gasteiger partial charge in [0.25, 0.3) is 0 Å². The summed E-state index contributed by atoms with van der Waals surface area (Å²) in [5.41, 5.74) is 0. The van der Waals surface area contributed by atoms with Crippen molar-refractivity contribution in [1.82, 2.24) is 10.2 Å². The third-order valence-corrected chi connectivity index (χ3v) is 2.92. The number of rotatable bonds is 9. The Morgan fingerprint density at radius 1 is 1.21 bits per heavy atom. The first kappa shape index (κ1) is 13.9. The zero-order valence-electron chi connectivity index (χ0n) is 10.5. The van der Waals surface area contributed by atoms with Crippen LogP contribution in [-0.4, -0.2) is 37.6 Å². The quantitative estimate of drug-likeness (QED) is 0.615. The highest BCUT2D eigenvalue weighted by Gasteiger charge is 2.13. The largest absolute Gasteiger partial charge is 0.320 e. The Labute approximate surface area is 90.1 Å². The van der Waals surface area contributed by atoms with Crippen molar-refractivity contribution in [2.45, 2.75) is 52.5 Å². The van der Waals surface area contributed by atoms with Gasteiger partial charge in [0.05, 0.1) is 0 Å². The second kappa shape index (κ2) is 9.47. The molecule has 0 heterocycles. The van der Waals surface area contributed by atoms with Gasteiger partial charge in [0.15, 0.2) is 0 Å². The van der Waals surface area contributed by atoms with Crippen LogP contribution in [0.3, 0.4) is 0 Å². The smallest absolute Gasteiger partial charge is 0.0105 e. The normalized spacial score (nSPS) is 13.5. The molecule has 0 aliphatic rings. The molecule has 1 N–H and O–H groups in total. The molecule has 1 unspecified atom stereocenters. The van der Waals surface area contributed by atoms with E-state index in [2.05, 4.69) is 31.0 Å². The van der Waals surface area contributed by atoms with Gasteiger partial charge in [0.1, 0.15) is 0 Å². The van der Waals surface area contributed by atoms with Crippen molar-refractivity contribution in [1.29, 1.82) is 0 Å². The minimum Gasteiger partial charge on any atom is -0.320 e. The van der Waals surface area contributed by atoms with Crippen LogP contribution in [0, 0.1) is 0 Å². The molecule has 86 valence electrons. The number of hydrogen-bond donors (Lipinski definition) is 1. The zero-order valence-corrected chi connectivity index (χ0v) is 10.5. The van der Waals surface area contributed by atoms with E-state index in [1.807, 2.05) is 7.05 Å². The monoisotopic (exact) mass is 200 g/mol. The van der Waals surface area contributed by atoms with Crippen LogP contribution in [0.1, 0.15) is 46.5 Å². The van der Waals surface area contributed by atoms with E-state index in [0.717, 1.165) is 12.6 Å². The first-order valence-electron chi connectivity index (χ1n) is 6.18. The number of nitrogens with one attached hydrogen (secondary N) is 1. The summed E-state index contributed by atoms with van der Waals surface area (Å²) in [6.07, 6.45) is 5.20. The molecule has 1 atom stereocenters. The van der Waals surface area contributed by atoms with Gasteiger partial charge in [-0.2, -0.15) is 0 Å². The van der Waals surface area contributed by atoms with Gasteiger partial charge in [0, 0.05) is 6.04 Å². The molecule has 0 aromatic rings. The maximum absolute atomic E-state index is 3.24. The van der Waals surface area contributed by atoms with Crippen LogP contribution in [0.2, 0.25) is 0 Å². The lowest BCUT2D eigenvalue weighted by atomic mass is 10.1. The number of unbranched alkanes of at least 4 members (excludes halogenated alkanes) is 1. The first-order chi connectivity index (χ1) is 6.79. The third-order valence-electron chi connectivity index (χ3n) is 2.92. The summed E-state index contributed by atoms with van der Waals surface area (Å²) in [7, 11) is 2.04. The van der Waals surface area contributed by atoms with Crippen LogP contribution in [0.25, 0.3) is 0 Å². The summed E-state index contributed by atoms with van der Waals surface area (Å²) >= 11 is 0. The van der Waals surface area contributed by atoms with Crippen molar-refractivity contribution < 1.29 is 0 Å². The van der Waals surface area contributed by atoms with Crippen LogP contribution >= 0.6 is 0 Å². The van der Waals surface area contributed by atoms with Crippen molar-refractivity contribution in [3.8, 4) is 0 Å². The Balaban J connectivity index is 3.87. The van der Waals surface area contributed by atoms with Crippen molar-refractivity contribution in [3.05, 3.63) is 0 Å². The topological polar surface area (TPSA) is 15.3 Å². The standard InChI is InChI=1S/C12H28N2/c1-5-8-11-14(7-3)12(6-2)9-10-13-4/h12-13H,5-11H2,1-4H3. The average Bonchev–Trinajstić information content (AvgIpc) is 2.23. The molecule has 0 bridgehead atoms. The van der Waals surface area contributed by atoms with Crippen molar-refractivity contribution in [2.24, 2.45) is 0 Å². The summed E-state index contributed by atoms with van der Waals surface area (Å²) in [4.78, 5) is 2.63. The van der Waals surface area contributed by atoms with Gasteiger partial charge in [-0.05, 0) is 45.9 Å². The Morgan fingerprint density at radius 2 is 1.93 bits per heavy atom. The van der Waals surface area contributed by atoms with Crippen molar-refractivity contribution >= 4 is 0 Å². The van der Waals surface area contributed by atoms with E-state index in [-0.39, 0.29) is 0 Å². The van der Waals surface area contributed by atoms with Crippen molar-refractivity contribution in [2.75, 3.05) is 26.7 Å². The molecule has 0 aliphatic heterocycles. The van der Waals surface area contributed by atoms with Crippen LogP contribution in [0.5, 0.6) is 0 Å². The van der Waals surface area contributed by atoms with Crippen LogP contribution in [0.15, 0.2) is 0 Å². The van der Waals surface area contributed by atoms with Crippen LogP contribution in [0.4, 0.5) is 0 Å². The Kier molecular flexibility index (Phi) is 9.42. The van der Waals surface area contributed by atoms with E-state index in [0.29, 0.717) is 0 Å². The lowest BCUT2D eigenvalue weighted by Crippen LogP contribution is -2.37. The minimum atomic E-state index is 0.777. The van der Waals surface area contributed by atoms with E-state index < -0.39 is 0 Å². The van der Waals surface area contributed by atoms with Gasteiger partial charge in [0.2, 0.25) is 0 Å². The van der Waals surface area contributed by atoms with E-state index in [4.69, 9.17) is 0 Å². The fraction of sp³-hybridized carbons (Fsp3) is 1.00. The molecule has 0 aromatic carbocycles. The van der Waals surface area contributed by atoms with E-state index in [1.165, 1.54) is 38.8 Å². The molecule has 0 aromatic heterocycles. The summed E-state index contributed by atoms with van der Waals surface area (Å²) < 4.78 is 0. The predicted molar refractivity (Wildman–Crippen MR) is 64.8 cm³/mol. The maximum Gasteiger partial charge on any atom is 0.0105 e. The molecule has 0 rings (SSSR count). The SMILES string of the molecule is CCCCN(CC)C(CC)CCNC. The van der Waals surface area contributed by atoms with Gasteiger partial charge in [-0.15, -0.1) is 0 Å². The minimum absolute atomic E-state index is 0.777. The molecule has 0 amide bonds. The summed E-state index contributed by atoms with van der Waals surface area (Å²) in [6, 6.07) is 0.777. The molecule has 0 saturated heterocycles. The molecule has 0 radical (unpaired) electrons. The van der Waals surface area contributed by atoms with Gasteiger partial charge < -0.3 is 10.2 Å². The Bertz CT molecular complexity index is 101. The van der Waals surface area contributed by atoms with Gasteiger partial charge >= 0.3 is 0 Å². The highest BCUT2D eigenvalue weighted by atomic mass is 15.1. The van der Waals surface area contributed by atoms with Crippen molar-refractivity contribution in [3.63, 3.8) is 0 Å². The van der Waals surface area contributed by atoms with Gasteiger partial charge in [-0.3, -0.25) is 0 Å². The first-order valence-corrected chi connectivity index (χ1v) is 6.18. The van der Waals surface area contributed by atoms with E-state index in [1.54, 1.807) is 0 Å². The Hall–Kier alpha value is -0.0800. The molecule has 2 heteroatoms. The molecular weight excluding hydrogens is 172 g/mol. The molecular formula is C12H28N2. The Morgan fingerprint density at radius 3 is 2.36 bits per heavy atom. The highest BCUT2D eigenvalue weighted by molar-refractivity contribution is 4.70. The second-order valence-corrected chi connectivity index (χ2v) is 3.94. The summed E-state index contributed by atoms with van der Waals surface area (Å²) in [5, 5.41) is 3.24. The molecule has 14 heavy (non-hydrogen) atoms.